The lowest BCUT2D eigenvalue weighted by Gasteiger charge is -2.23. The van der Waals surface area contributed by atoms with Crippen molar-refractivity contribution < 1.29 is 4.79 Å². The Labute approximate surface area is 107 Å². The minimum Gasteiger partial charge on any atom is -0.357 e. The molecule has 4 nitrogen and oxygen atoms in total. The highest BCUT2D eigenvalue weighted by atomic mass is 35.5. The van der Waals surface area contributed by atoms with Crippen molar-refractivity contribution in [2.75, 3.05) is 13.1 Å². The molecule has 0 radical (unpaired) electrons. The highest BCUT2D eigenvalue weighted by molar-refractivity contribution is 5.92. The molecule has 1 amide bonds. The Bertz CT molecular complexity index is 379. The average Bonchev–Trinajstić information content (AvgIpc) is 2.87. The van der Waals surface area contributed by atoms with Gasteiger partial charge in [-0.3, -0.25) is 4.79 Å². The van der Waals surface area contributed by atoms with Crippen LogP contribution in [0.4, 0.5) is 0 Å². The number of hydrogen-bond donors (Lipinski definition) is 2. The molecular weight excluding hydrogens is 238 g/mol. The van der Waals surface area contributed by atoms with Gasteiger partial charge in [-0.25, -0.2) is 0 Å². The van der Waals surface area contributed by atoms with Gasteiger partial charge in [-0.05, 0) is 31.4 Å². The molecule has 1 aromatic heterocycles. The van der Waals surface area contributed by atoms with E-state index in [-0.39, 0.29) is 18.3 Å². The van der Waals surface area contributed by atoms with Gasteiger partial charge in [0.05, 0.1) is 0 Å². The van der Waals surface area contributed by atoms with Gasteiger partial charge in [-0.1, -0.05) is 0 Å². The lowest BCUT2D eigenvalue weighted by atomic mass is 10.1. The summed E-state index contributed by atoms with van der Waals surface area (Å²) < 4.78 is 0. The highest BCUT2D eigenvalue weighted by Gasteiger charge is 2.31. The van der Waals surface area contributed by atoms with Crippen LogP contribution >= 0.6 is 12.4 Å². The van der Waals surface area contributed by atoms with E-state index >= 15 is 0 Å². The Kier molecular flexibility index (Phi) is 3.74. The van der Waals surface area contributed by atoms with Crippen molar-refractivity contribution in [1.82, 2.24) is 15.2 Å². The molecule has 17 heavy (non-hydrogen) atoms. The molecule has 2 aliphatic heterocycles. The molecule has 2 saturated heterocycles. The smallest absolute Gasteiger partial charge is 0.270 e. The van der Waals surface area contributed by atoms with E-state index in [2.05, 4.69) is 10.3 Å². The number of carbonyl (C=O) groups excluding carboxylic acids is 1. The van der Waals surface area contributed by atoms with Crippen LogP contribution < -0.4 is 5.32 Å². The zero-order valence-corrected chi connectivity index (χ0v) is 10.5. The summed E-state index contributed by atoms with van der Waals surface area (Å²) in [5.74, 6) is 0.138. The maximum atomic E-state index is 12.2. The first-order valence-electron chi connectivity index (χ1n) is 6.01. The fraction of sp³-hybridized carbons (Fsp3) is 0.583. The number of rotatable bonds is 1. The van der Waals surface area contributed by atoms with E-state index in [1.165, 1.54) is 12.8 Å². The summed E-state index contributed by atoms with van der Waals surface area (Å²) in [6, 6.07) is 4.85. The van der Waals surface area contributed by atoms with Crippen LogP contribution in [0.2, 0.25) is 0 Å². The summed E-state index contributed by atoms with van der Waals surface area (Å²) in [7, 11) is 0. The number of nitrogens with one attached hydrogen (secondary N) is 2. The SMILES string of the molecule is Cl.O=C(c1ccc[nH]1)N1CCC2CCC(C1)N2. The van der Waals surface area contributed by atoms with Crippen molar-refractivity contribution in [2.45, 2.75) is 31.3 Å². The lowest BCUT2D eigenvalue weighted by molar-refractivity contribution is 0.0743. The molecule has 0 aromatic carbocycles. The van der Waals surface area contributed by atoms with Crippen LogP contribution in [0.3, 0.4) is 0 Å². The number of aromatic nitrogens is 1. The maximum absolute atomic E-state index is 12.2. The van der Waals surface area contributed by atoms with Crippen LogP contribution in [0, 0.1) is 0 Å². The van der Waals surface area contributed by atoms with Crippen molar-refractivity contribution in [2.24, 2.45) is 0 Å². The second-order valence-corrected chi connectivity index (χ2v) is 4.76. The van der Waals surface area contributed by atoms with Gasteiger partial charge >= 0.3 is 0 Å². The standard InChI is InChI=1S/C12H17N3O.ClH/c16-12(11-2-1-6-13-11)15-7-5-9-3-4-10(8-15)14-9;/h1-2,6,9-10,13-14H,3-5,7-8H2;1H. The number of hydrogen-bond acceptors (Lipinski definition) is 2. The summed E-state index contributed by atoms with van der Waals surface area (Å²) >= 11 is 0. The second kappa shape index (κ2) is 5.10. The molecule has 0 saturated carbocycles. The van der Waals surface area contributed by atoms with Gasteiger partial charge in [0.2, 0.25) is 0 Å². The molecule has 3 rings (SSSR count). The van der Waals surface area contributed by atoms with Crippen molar-refractivity contribution in [3.05, 3.63) is 24.0 Å². The molecule has 2 aliphatic rings. The quantitative estimate of drug-likeness (QED) is 0.797. The van der Waals surface area contributed by atoms with E-state index in [0.29, 0.717) is 17.8 Å². The Hall–Kier alpha value is -1.00. The molecule has 0 aliphatic carbocycles. The van der Waals surface area contributed by atoms with Crippen molar-refractivity contribution in [3.63, 3.8) is 0 Å². The molecule has 2 bridgehead atoms. The predicted molar refractivity (Wildman–Crippen MR) is 68.5 cm³/mol. The molecule has 2 fully saturated rings. The minimum absolute atomic E-state index is 0. The molecule has 1 aromatic rings. The number of H-pyrrole nitrogens is 1. The zero-order chi connectivity index (χ0) is 11.0. The normalized spacial score (nSPS) is 27.4. The summed E-state index contributed by atoms with van der Waals surface area (Å²) in [6.45, 7) is 1.74. The van der Waals surface area contributed by atoms with E-state index in [9.17, 15) is 4.79 Å². The van der Waals surface area contributed by atoms with Crippen LogP contribution in [0.15, 0.2) is 18.3 Å². The van der Waals surface area contributed by atoms with Crippen molar-refractivity contribution in [3.8, 4) is 0 Å². The highest BCUT2D eigenvalue weighted by Crippen LogP contribution is 2.21. The number of nitrogens with zero attached hydrogens (tertiary/aromatic N) is 1. The Morgan fingerprint density at radius 3 is 2.88 bits per heavy atom. The molecule has 0 spiro atoms. The number of halogens is 1. The van der Waals surface area contributed by atoms with Crippen LogP contribution in [-0.2, 0) is 0 Å². The third-order valence-electron chi connectivity index (χ3n) is 3.64. The first-order chi connectivity index (χ1) is 7.83. The van der Waals surface area contributed by atoms with Crippen LogP contribution in [0.1, 0.15) is 29.8 Å². The largest absolute Gasteiger partial charge is 0.357 e. The van der Waals surface area contributed by atoms with Crippen LogP contribution in [-0.4, -0.2) is 41.0 Å². The molecule has 5 heteroatoms. The molecular formula is C12H18ClN3O. The monoisotopic (exact) mass is 255 g/mol. The number of fused-ring (bicyclic) bond motifs is 2. The third-order valence-corrected chi connectivity index (χ3v) is 3.64. The molecule has 94 valence electrons. The fourth-order valence-electron chi connectivity index (χ4n) is 2.76. The van der Waals surface area contributed by atoms with Gasteiger partial charge in [0.15, 0.2) is 0 Å². The predicted octanol–water partition coefficient (Wildman–Crippen LogP) is 1.40. The van der Waals surface area contributed by atoms with Gasteiger partial charge < -0.3 is 15.2 Å². The second-order valence-electron chi connectivity index (χ2n) is 4.76. The van der Waals surface area contributed by atoms with Gasteiger partial charge in [-0.15, -0.1) is 12.4 Å². The lowest BCUT2D eigenvalue weighted by Crippen LogP contribution is -2.39. The van der Waals surface area contributed by atoms with Gasteiger partial charge in [0.1, 0.15) is 5.69 Å². The Morgan fingerprint density at radius 2 is 2.12 bits per heavy atom. The summed E-state index contributed by atoms with van der Waals surface area (Å²) in [6.07, 6.45) is 5.37. The van der Waals surface area contributed by atoms with Crippen molar-refractivity contribution >= 4 is 18.3 Å². The van der Waals surface area contributed by atoms with Gasteiger partial charge in [0.25, 0.3) is 5.91 Å². The van der Waals surface area contributed by atoms with E-state index in [0.717, 1.165) is 19.5 Å². The first-order valence-corrected chi connectivity index (χ1v) is 6.01. The molecule has 3 heterocycles. The fourth-order valence-corrected chi connectivity index (χ4v) is 2.76. The third kappa shape index (κ3) is 2.48. The van der Waals surface area contributed by atoms with Crippen LogP contribution in [0.25, 0.3) is 0 Å². The van der Waals surface area contributed by atoms with Gasteiger partial charge in [0, 0.05) is 31.4 Å². The zero-order valence-electron chi connectivity index (χ0n) is 9.69. The summed E-state index contributed by atoms with van der Waals surface area (Å²) in [5.41, 5.74) is 0.706. The number of aromatic amines is 1. The number of carbonyl (C=O) groups is 1. The van der Waals surface area contributed by atoms with E-state index < -0.39 is 0 Å². The molecule has 2 atom stereocenters. The number of likely N-dealkylation sites (tertiary alicyclic amines) is 1. The van der Waals surface area contributed by atoms with Crippen LogP contribution in [0.5, 0.6) is 0 Å². The summed E-state index contributed by atoms with van der Waals surface area (Å²) in [4.78, 5) is 17.1. The summed E-state index contributed by atoms with van der Waals surface area (Å²) in [5, 5.41) is 3.58. The van der Waals surface area contributed by atoms with E-state index in [4.69, 9.17) is 0 Å². The maximum Gasteiger partial charge on any atom is 0.270 e. The topological polar surface area (TPSA) is 48.1 Å². The molecule has 2 unspecified atom stereocenters. The Balaban J connectivity index is 0.00000108. The minimum atomic E-state index is 0. The number of amides is 1. The molecule has 2 N–H and O–H groups in total. The average molecular weight is 256 g/mol. The van der Waals surface area contributed by atoms with Crippen molar-refractivity contribution in [1.29, 1.82) is 0 Å². The Morgan fingerprint density at radius 1 is 1.29 bits per heavy atom. The van der Waals surface area contributed by atoms with Gasteiger partial charge in [-0.2, -0.15) is 0 Å². The van der Waals surface area contributed by atoms with E-state index in [1.54, 1.807) is 6.20 Å². The first kappa shape index (κ1) is 12.5. The van der Waals surface area contributed by atoms with E-state index in [1.807, 2.05) is 17.0 Å².